The van der Waals surface area contributed by atoms with Gasteiger partial charge < -0.3 is 10.1 Å². The van der Waals surface area contributed by atoms with Crippen LogP contribution in [0.5, 0.6) is 5.88 Å². The second kappa shape index (κ2) is 4.51. The maximum Gasteiger partial charge on any atom is 0.215 e. The number of aromatic nitrogens is 1. The van der Waals surface area contributed by atoms with Gasteiger partial charge in [-0.1, -0.05) is 6.92 Å². The van der Waals surface area contributed by atoms with Gasteiger partial charge in [0.25, 0.3) is 0 Å². The lowest BCUT2D eigenvalue weighted by atomic mass is 9.93. The summed E-state index contributed by atoms with van der Waals surface area (Å²) in [6.07, 6.45) is 4.88. The first kappa shape index (κ1) is 10.3. The van der Waals surface area contributed by atoms with Crippen molar-refractivity contribution in [2.75, 3.05) is 12.4 Å². The van der Waals surface area contributed by atoms with Crippen molar-refractivity contribution in [3.8, 4) is 5.88 Å². The van der Waals surface area contributed by atoms with E-state index in [0.29, 0.717) is 11.9 Å². The molecule has 0 atom stereocenters. The van der Waals surface area contributed by atoms with Crippen LogP contribution >= 0.6 is 0 Å². The molecule has 1 aromatic heterocycles. The summed E-state index contributed by atoms with van der Waals surface area (Å²) < 4.78 is 5.18. The fourth-order valence-corrected chi connectivity index (χ4v) is 1.70. The molecule has 15 heavy (non-hydrogen) atoms. The quantitative estimate of drug-likeness (QED) is 0.822. The molecule has 1 aliphatic carbocycles. The SMILES string of the molecule is CCc1cc(NC2CCC2)nc(OC)c1. The molecule has 0 aliphatic heterocycles. The molecule has 1 aromatic rings. The lowest BCUT2D eigenvalue weighted by molar-refractivity contribution is 0.396. The van der Waals surface area contributed by atoms with E-state index in [9.17, 15) is 0 Å². The van der Waals surface area contributed by atoms with Crippen LogP contribution in [0.15, 0.2) is 12.1 Å². The smallest absolute Gasteiger partial charge is 0.215 e. The summed E-state index contributed by atoms with van der Waals surface area (Å²) in [5, 5.41) is 3.44. The fourth-order valence-electron chi connectivity index (χ4n) is 1.70. The first-order valence-electron chi connectivity index (χ1n) is 5.63. The Hall–Kier alpha value is -1.25. The highest BCUT2D eigenvalue weighted by Gasteiger charge is 2.17. The van der Waals surface area contributed by atoms with Crippen LogP contribution in [-0.2, 0) is 6.42 Å². The van der Waals surface area contributed by atoms with E-state index in [2.05, 4.69) is 23.3 Å². The second-order valence-electron chi connectivity index (χ2n) is 4.03. The van der Waals surface area contributed by atoms with Crippen LogP contribution < -0.4 is 10.1 Å². The van der Waals surface area contributed by atoms with E-state index < -0.39 is 0 Å². The number of aryl methyl sites for hydroxylation is 1. The molecule has 1 saturated carbocycles. The molecule has 0 amide bonds. The van der Waals surface area contributed by atoms with Gasteiger partial charge in [0.1, 0.15) is 5.82 Å². The molecule has 0 radical (unpaired) electrons. The Morgan fingerprint density at radius 1 is 1.47 bits per heavy atom. The Bertz CT molecular complexity index is 312. The van der Waals surface area contributed by atoms with Crippen molar-refractivity contribution in [3.05, 3.63) is 17.7 Å². The zero-order valence-corrected chi connectivity index (χ0v) is 9.42. The minimum Gasteiger partial charge on any atom is -0.481 e. The van der Waals surface area contributed by atoms with E-state index in [-0.39, 0.29) is 0 Å². The number of anilines is 1. The second-order valence-corrected chi connectivity index (χ2v) is 4.03. The minimum atomic E-state index is 0.620. The third kappa shape index (κ3) is 2.41. The molecular weight excluding hydrogens is 188 g/mol. The zero-order chi connectivity index (χ0) is 10.7. The number of nitrogens with one attached hydrogen (secondary N) is 1. The highest BCUT2D eigenvalue weighted by Crippen LogP contribution is 2.24. The van der Waals surface area contributed by atoms with Crippen molar-refractivity contribution in [1.29, 1.82) is 0 Å². The molecule has 1 aliphatic rings. The summed E-state index contributed by atoms with van der Waals surface area (Å²) in [6.45, 7) is 2.14. The molecule has 3 heteroatoms. The molecule has 0 aromatic carbocycles. The van der Waals surface area contributed by atoms with Gasteiger partial charge in [-0.3, -0.25) is 0 Å². The molecule has 0 bridgehead atoms. The third-order valence-electron chi connectivity index (χ3n) is 2.94. The maximum absolute atomic E-state index is 5.18. The molecule has 0 unspecified atom stereocenters. The van der Waals surface area contributed by atoms with E-state index in [1.165, 1.54) is 24.8 Å². The highest BCUT2D eigenvalue weighted by atomic mass is 16.5. The molecule has 0 spiro atoms. The van der Waals surface area contributed by atoms with Crippen molar-refractivity contribution >= 4 is 5.82 Å². The van der Waals surface area contributed by atoms with Gasteiger partial charge in [-0.2, -0.15) is 4.98 Å². The molecule has 1 N–H and O–H groups in total. The predicted octanol–water partition coefficient (Wildman–Crippen LogP) is 2.62. The van der Waals surface area contributed by atoms with Crippen molar-refractivity contribution < 1.29 is 4.74 Å². The highest BCUT2D eigenvalue weighted by molar-refractivity contribution is 5.42. The number of ether oxygens (including phenoxy) is 1. The molecular formula is C12H18N2O. The summed E-state index contributed by atoms with van der Waals surface area (Å²) in [5.41, 5.74) is 1.27. The summed E-state index contributed by atoms with van der Waals surface area (Å²) in [6, 6.07) is 4.72. The molecule has 1 heterocycles. The monoisotopic (exact) mass is 206 g/mol. The van der Waals surface area contributed by atoms with Crippen molar-refractivity contribution in [2.24, 2.45) is 0 Å². The zero-order valence-electron chi connectivity index (χ0n) is 9.42. The average molecular weight is 206 g/mol. The van der Waals surface area contributed by atoms with Crippen molar-refractivity contribution in [3.63, 3.8) is 0 Å². The number of hydrogen-bond donors (Lipinski definition) is 1. The summed E-state index contributed by atoms with van der Waals surface area (Å²) in [7, 11) is 1.66. The normalized spacial score (nSPS) is 15.9. The van der Waals surface area contributed by atoms with Gasteiger partial charge in [-0.25, -0.2) is 0 Å². The van der Waals surface area contributed by atoms with E-state index in [1.54, 1.807) is 7.11 Å². The molecule has 1 fully saturated rings. The van der Waals surface area contributed by atoms with Crippen LogP contribution in [0, 0.1) is 0 Å². The van der Waals surface area contributed by atoms with Crippen LogP contribution in [0.1, 0.15) is 31.7 Å². The number of hydrogen-bond acceptors (Lipinski definition) is 3. The average Bonchev–Trinajstić information content (AvgIpc) is 2.23. The Balaban J connectivity index is 2.13. The van der Waals surface area contributed by atoms with Gasteiger partial charge >= 0.3 is 0 Å². The van der Waals surface area contributed by atoms with Crippen LogP contribution in [0.2, 0.25) is 0 Å². The van der Waals surface area contributed by atoms with Crippen LogP contribution in [0.25, 0.3) is 0 Å². The number of nitrogens with zero attached hydrogens (tertiary/aromatic N) is 1. The third-order valence-corrected chi connectivity index (χ3v) is 2.94. The van der Waals surface area contributed by atoms with E-state index >= 15 is 0 Å². The lowest BCUT2D eigenvalue weighted by Gasteiger charge is -2.27. The van der Waals surface area contributed by atoms with Crippen molar-refractivity contribution in [2.45, 2.75) is 38.6 Å². The van der Waals surface area contributed by atoms with Crippen LogP contribution in [-0.4, -0.2) is 18.1 Å². The van der Waals surface area contributed by atoms with Gasteiger partial charge in [-0.15, -0.1) is 0 Å². The van der Waals surface area contributed by atoms with Gasteiger partial charge in [-0.05, 0) is 37.3 Å². The largest absolute Gasteiger partial charge is 0.481 e. The van der Waals surface area contributed by atoms with Crippen LogP contribution in [0.3, 0.4) is 0 Å². The van der Waals surface area contributed by atoms with Crippen molar-refractivity contribution in [1.82, 2.24) is 4.98 Å². The summed E-state index contributed by atoms with van der Waals surface area (Å²) in [4.78, 5) is 4.39. The molecule has 82 valence electrons. The molecule has 3 nitrogen and oxygen atoms in total. The van der Waals surface area contributed by atoms with E-state index in [0.717, 1.165) is 12.2 Å². The predicted molar refractivity (Wildman–Crippen MR) is 61.4 cm³/mol. The van der Waals surface area contributed by atoms with Gasteiger partial charge in [0.2, 0.25) is 5.88 Å². The minimum absolute atomic E-state index is 0.620. The van der Waals surface area contributed by atoms with E-state index in [1.807, 2.05) is 6.07 Å². The first-order chi connectivity index (χ1) is 7.31. The fraction of sp³-hybridized carbons (Fsp3) is 0.583. The standard InChI is InChI=1S/C12H18N2O/c1-3-9-7-11(13-10-5-4-6-10)14-12(8-9)15-2/h7-8,10H,3-6H2,1-2H3,(H,13,14). The van der Waals surface area contributed by atoms with Gasteiger partial charge in [0, 0.05) is 12.1 Å². The number of pyridine rings is 1. The molecule has 0 saturated heterocycles. The topological polar surface area (TPSA) is 34.2 Å². The summed E-state index contributed by atoms with van der Waals surface area (Å²) >= 11 is 0. The first-order valence-corrected chi connectivity index (χ1v) is 5.63. The lowest BCUT2D eigenvalue weighted by Crippen LogP contribution is -2.27. The Morgan fingerprint density at radius 2 is 2.27 bits per heavy atom. The van der Waals surface area contributed by atoms with Gasteiger partial charge in [0.15, 0.2) is 0 Å². The van der Waals surface area contributed by atoms with Crippen LogP contribution in [0.4, 0.5) is 5.82 Å². The Morgan fingerprint density at radius 3 is 2.80 bits per heavy atom. The molecule has 2 rings (SSSR count). The van der Waals surface area contributed by atoms with E-state index in [4.69, 9.17) is 4.74 Å². The summed E-state index contributed by atoms with van der Waals surface area (Å²) in [5.74, 6) is 1.66. The Kier molecular flexibility index (Phi) is 3.09. The number of rotatable bonds is 4. The van der Waals surface area contributed by atoms with Gasteiger partial charge in [0.05, 0.1) is 7.11 Å². The number of methoxy groups -OCH3 is 1. The Labute approximate surface area is 90.9 Å². The maximum atomic E-state index is 5.18.